The van der Waals surface area contributed by atoms with Crippen LogP contribution in [-0.4, -0.2) is 17.0 Å². The first-order valence-electron chi connectivity index (χ1n) is 4.44. The van der Waals surface area contributed by atoms with Crippen molar-refractivity contribution >= 4 is 11.9 Å². The molecule has 1 amide bonds. The van der Waals surface area contributed by atoms with Gasteiger partial charge in [-0.1, -0.05) is 13.8 Å². The topological polar surface area (TPSA) is 80.4 Å². The molecule has 0 radical (unpaired) electrons. The second-order valence-electron chi connectivity index (χ2n) is 3.66. The first kappa shape index (κ1) is 11.9. The van der Waals surface area contributed by atoms with E-state index >= 15 is 0 Å². The van der Waals surface area contributed by atoms with Crippen molar-refractivity contribution in [2.75, 3.05) is 0 Å². The van der Waals surface area contributed by atoms with Crippen LogP contribution in [0.25, 0.3) is 0 Å². The molecule has 0 aliphatic heterocycles. The van der Waals surface area contributed by atoms with Crippen molar-refractivity contribution in [1.82, 2.24) is 0 Å². The second kappa shape index (κ2) is 5.56. The van der Waals surface area contributed by atoms with Gasteiger partial charge in [-0.05, 0) is 18.8 Å². The van der Waals surface area contributed by atoms with E-state index in [2.05, 4.69) is 0 Å². The maximum atomic E-state index is 10.9. The van der Waals surface area contributed by atoms with E-state index in [1.165, 1.54) is 0 Å². The van der Waals surface area contributed by atoms with Crippen LogP contribution in [0.2, 0.25) is 0 Å². The minimum atomic E-state index is -0.880. The third-order valence-electron chi connectivity index (χ3n) is 1.86. The standard InChI is InChI=1S/C9H17NO3/c1-6(2)5-7(9(10)13)3-4-8(11)12/h6-7H,3-5H2,1-2H3,(H2,10,13)(H,11,12). The summed E-state index contributed by atoms with van der Waals surface area (Å²) in [6.45, 7) is 3.97. The number of nitrogens with two attached hydrogens (primary N) is 1. The summed E-state index contributed by atoms with van der Waals surface area (Å²) >= 11 is 0. The van der Waals surface area contributed by atoms with Crippen LogP contribution in [0.15, 0.2) is 0 Å². The number of rotatable bonds is 6. The summed E-state index contributed by atoms with van der Waals surface area (Å²) in [6, 6.07) is 0. The highest BCUT2D eigenvalue weighted by Gasteiger charge is 2.17. The molecule has 76 valence electrons. The molecule has 4 heteroatoms. The van der Waals surface area contributed by atoms with Crippen molar-refractivity contribution in [1.29, 1.82) is 0 Å². The molecule has 0 aromatic rings. The lowest BCUT2D eigenvalue weighted by atomic mass is 9.92. The monoisotopic (exact) mass is 187 g/mol. The molecular formula is C9H17NO3. The Morgan fingerprint density at radius 3 is 2.23 bits per heavy atom. The van der Waals surface area contributed by atoms with Gasteiger partial charge in [0.1, 0.15) is 0 Å². The third kappa shape index (κ3) is 6.13. The second-order valence-corrected chi connectivity index (χ2v) is 3.66. The summed E-state index contributed by atoms with van der Waals surface area (Å²) in [5, 5.41) is 8.43. The van der Waals surface area contributed by atoms with Crippen molar-refractivity contribution in [3.05, 3.63) is 0 Å². The van der Waals surface area contributed by atoms with Crippen LogP contribution < -0.4 is 5.73 Å². The zero-order valence-corrected chi connectivity index (χ0v) is 8.12. The Kier molecular flexibility index (Phi) is 5.11. The minimum absolute atomic E-state index is 0.0142. The van der Waals surface area contributed by atoms with Gasteiger partial charge in [0.25, 0.3) is 0 Å². The summed E-state index contributed by atoms with van der Waals surface area (Å²) in [4.78, 5) is 21.1. The van der Waals surface area contributed by atoms with Crippen molar-refractivity contribution in [3.63, 3.8) is 0 Å². The van der Waals surface area contributed by atoms with Crippen LogP contribution in [0.1, 0.15) is 33.1 Å². The van der Waals surface area contributed by atoms with Crippen LogP contribution in [0, 0.1) is 11.8 Å². The van der Waals surface area contributed by atoms with E-state index < -0.39 is 11.9 Å². The number of amides is 1. The summed E-state index contributed by atoms with van der Waals surface area (Å²) < 4.78 is 0. The molecule has 0 aliphatic carbocycles. The molecule has 0 saturated heterocycles. The smallest absolute Gasteiger partial charge is 0.303 e. The van der Waals surface area contributed by atoms with Gasteiger partial charge in [-0.15, -0.1) is 0 Å². The van der Waals surface area contributed by atoms with Gasteiger partial charge in [0.05, 0.1) is 0 Å². The van der Waals surface area contributed by atoms with Crippen molar-refractivity contribution in [3.8, 4) is 0 Å². The van der Waals surface area contributed by atoms with Gasteiger partial charge in [0, 0.05) is 12.3 Å². The maximum absolute atomic E-state index is 10.9. The molecular weight excluding hydrogens is 170 g/mol. The summed E-state index contributed by atoms with van der Waals surface area (Å²) in [6.07, 6.45) is 1.03. The average Bonchev–Trinajstić information content (AvgIpc) is 1.96. The Balaban J connectivity index is 3.95. The van der Waals surface area contributed by atoms with Crippen molar-refractivity contribution < 1.29 is 14.7 Å². The van der Waals surface area contributed by atoms with Crippen LogP contribution in [-0.2, 0) is 9.59 Å². The number of hydrogen-bond donors (Lipinski definition) is 2. The lowest BCUT2D eigenvalue weighted by molar-refractivity contribution is -0.137. The van der Waals surface area contributed by atoms with Gasteiger partial charge in [-0.2, -0.15) is 0 Å². The molecule has 0 spiro atoms. The highest BCUT2D eigenvalue weighted by Crippen LogP contribution is 2.16. The van der Waals surface area contributed by atoms with E-state index in [9.17, 15) is 9.59 Å². The van der Waals surface area contributed by atoms with E-state index in [1.54, 1.807) is 0 Å². The Morgan fingerprint density at radius 2 is 1.92 bits per heavy atom. The third-order valence-corrected chi connectivity index (χ3v) is 1.86. The molecule has 0 aromatic carbocycles. The summed E-state index contributed by atoms with van der Waals surface area (Å²) in [5.41, 5.74) is 5.14. The molecule has 0 fully saturated rings. The largest absolute Gasteiger partial charge is 0.481 e. The fraction of sp³-hybridized carbons (Fsp3) is 0.778. The molecule has 0 heterocycles. The number of primary amides is 1. The van der Waals surface area contributed by atoms with Crippen LogP contribution in [0.3, 0.4) is 0 Å². The van der Waals surface area contributed by atoms with Crippen molar-refractivity contribution in [2.45, 2.75) is 33.1 Å². The van der Waals surface area contributed by atoms with E-state index in [4.69, 9.17) is 10.8 Å². The van der Waals surface area contributed by atoms with Gasteiger partial charge in [-0.3, -0.25) is 9.59 Å². The van der Waals surface area contributed by atoms with Crippen LogP contribution in [0.4, 0.5) is 0 Å². The Labute approximate surface area is 78.1 Å². The fourth-order valence-electron chi connectivity index (χ4n) is 1.24. The number of carbonyl (C=O) groups excluding carboxylic acids is 1. The van der Waals surface area contributed by atoms with Gasteiger partial charge in [-0.25, -0.2) is 0 Å². The first-order valence-corrected chi connectivity index (χ1v) is 4.44. The number of carboxylic acid groups (broad SMARTS) is 1. The lowest BCUT2D eigenvalue weighted by Gasteiger charge is -2.13. The number of hydrogen-bond acceptors (Lipinski definition) is 2. The predicted molar refractivity (Wildman–Crippen MR) is 49.0 cm³/mol. The van der Waals surface area contributed by atoms with E-state index in [0.717, 1.165) is 0 Å². The summed E-state index contributed by atoms with van der Waals surface area (Å²) in [5.74, 6) is -1.20. The number of aliphatic carboxylic acids is 1. The molecule has 3 N–H and O–H groups in total. The minimum Gasteiger partial charge on any atom is -0.481 e. The first-order chi connectivity index (χ1) is 5.93. The fourth-order valence-corrected chi connectivity index (χ4v) is 1.24. The maximum Gasteiger partial charge on any atom is 0.303 e. The Bertz CT molecular complexity index is 189. The highest BCUT2D eigenvalue weighted by molar-refractivity contribution is 5.77. The molecule has 0 aromatic heterocycles. The average molecular weight is 187 g/mol. The van der Waals surface area contributed by atoms with Gasteiger partial charge in [0.15, 0.2) is 0 Å². The van der Waals surface area contributed by atoms with Gasteiger partial charge >= 0.3 is 5.97 Å². The van der Waals surface area contributed by atoms with Gasteiger partial charge in [0.2, 0.25) is 5.91 Å². The number of carbonyl (C=O) groups is 2. The normalized spacial score (nSPS) is 12.8. The molecule has 0 saturated carbocycles. The Hall–Kier alpha value is -1.06. The quantitative estimate of drug-likeness (QED) is 0.650. The molecule has 13 heavy (non-hydrogen) atoms. The zero-order chi connectivity index (χ0) is 10.4. The summed E-state index contributed by atoms with van der Waals surface area (Å²) in [7, 11) is 0. The molecule has 1 atom stereocenters. The van der Waals surface area contributed by atoms with Gasteiger partial charge < -0.3 is 10.8 Å². The van der Waals surface area contributed by atoms with Crippen molar-refractivity contribution in [2.24, 2.45) is 17.6 Å². The van der Waals surface area contributed by atoms with Crippen LogP contribution in [0.5, 0.6) is 0 Å². The lowest BCUT2D eigenvalue weighted by Crippen LogP contribution is -2.25. The molecule has 1 unspecified atom stereocenters. The zero-order valence-electron chi connectivity index (χ0n) is 8.12. The predicted octanol–water partition coefficient (Wildman–Crippen LogP) is 0.999. The number of carboxylic acids is 1. The Morgan fingerprint density at radius 1 is 1.38 bits per heavy atom. The highest BCUT2D eigenvalue weighted by atomic mass is 16.4. The van der Waals surface area contributed by atoms with E-state index in [0.29, 0.717) is 18.8 Å². The van der Waals surface area contributed by atoms with E-state index in [-0.39, 0.29) is 12.3 Å². The van der Waals surface area contributed by atoms with E-state index in [1.807, 2.05) is 13.8 Å². The molecule has 0 aliphatic rings. The molecule has 0 rings (SSSR count). The SMILES string of the molecule is CC(C)CC(CCC(=O)O)C(N)=O. The van der Waals surface area contributed by atoms with Crippen LogP contribution >= 0.6 is 0 Å². The molecule has 4 nitrogen and oxygen atoms in total. The molecule has 0 bridgehead atoms.